The fourth-order valence-corrected chi connectivity index (χ4v) is 1.00. The Bertz CT molecular complexity index is 425. The van der Waals surface area contributed by atoms with Crippen LogP contribution in [0.4, 0.5) is 14.5 Å². The largest absolute Gasteiger partial charge is 0.296 e. The van der Waals surface area contributed by atoms with Gasteiger partial charge >= 0.3 is 0 Å². The lowest BCUT2D eigenvalue weighted by Gasteiger charge is -2.01. The Balaban J connectivity index is 3.33. The van der Waals surface area contributed by atoms with Gasteiger partial charge in [0, 0.05) is 0 Å². The van der Waals surface area contributed by atoms with Gasteiger partial charge in [-0.3, -0.25) is 14.9 Å². The summed E-state index contributed by atoms with van der Waals surface area (Å²) in [5.74, 6) is 0. The van der Waals surface area contributed by atoms with Crippen molar-refractivity contribution < 1.29 is 18.5 Å². The summed E-state index contributed by atoms with van der Waals surface area (Å²) in [5, 5.41) is 9.27. The van der Waals surface area contributed by atoms with Crippen LogP contribution in [0.1, 0.15) is 22.5 Å². The van der Waals surface area contributed by atoms with Gasteiger partial charge in [0.25, 0.3) is 17.4 Å². The third-order valence-electron chi connectivity index (χ3n) is 1.55. The zero-order chi connectivity index (χ0) is 11.6. The van der Waals surface area contributed by atoms with E-state index in [-0.39, 0.29) is 0 Å². The molecule has 0 aromatic carbocycles. The predicted molar refractivity (Wildman–Crippen MR) is 46.0 cm³/mol. The number of hydrogen-bond donors (Lipinski definition) is 0. The molecule has 0 bridgehead atoms. The number of halogens is 3. The van der Waals surface area contributed by atoms with Crippen molar-refractivity contribution in [2.75, 3.05) is 0 Å². The molecule has 80 valence electrons. The average Bonchev–Trinajstić information content (AvgIpc) is 2.16. The van der Waals surface area contributed by atoms with Gasteiger partial charge in [-0.2, -0.15) is 0 Å². The summed E-state index contributed by atoms with van der Waals surface area (Å²) in [6.07, 6.45) is -2.49. The molecule has 8 heteroatoms. The first-order chi connectivity index (χ1) is 6.93. The number of alkyl halides is 2. The van der Waals surface area contributed by atoms with Crippen LogP contribution in [0.3, 0.4) is 0 Å². The van der Waals surface area contributed by atoms with Crippen LogP contribution < -0.4 is 0 Å². The van der Waals surface area contributed by atoms with Crippen LogP contribution in [0.5, 0.6) is 0 Å². The highest BCUT2D eigenvalue weighted by Crippen LogP contribution is 2.28. The summed E-state index contributed by atoms with van der Waals surface area (Å²) in [4.78, 5) is 23.2. The zero-order valence-corrected chi connectivity index (χ0v) is 7.74. The Hall–Kier alpha value is -1.63. The summed E-state index contributed by atoms with van der Waals surface area (Å²) in [6.45, 7) is 0. The maximum Gasteiger partial charge on any atom is 0.296 e. The van der Waals surface area contributed by atoms with Crippen LogP contribution >= 0.6 is 11.6 Å². The van der Waals surface area contributed by atoms with Gasteiger partial charge in [-0.05, 0) is 17.7 Å². The number of nitrogens with zero attached hydrogens (tertiary/aromatic N) is 2. The van der Waals surface area contributed by atoms with Crippen molar-refractivity contribution in [2.24, 2.45) is 0 Å². The van der Waals surface area contributed by atoms with E-state index in [1.807, 2.05) is 0 Å². The molecule has 1 heterocycles. The van der Waals surface area contributed by atoms with Crippen molar-refractivity contribution in [3.63, 3.8) is 0 Å². The van der Waals surface area contributed by atoms with Crippen molar-refractivity contribution in [3.8, 4) is 0 Å². The smallest absolute Gasteiger partial charge is 0.274 e. The van der Waals surface area contributed by atoms with Crippen LogP contribution in [0.15, 0.2) is 12.3 Å². The van der Waals surface area contributed by atoms with Crippen molar-refractivity contribution >= 4 is 22.5 Å². The Kier molecular flexibility index (Phi) is 3.25. The number of nitro groups is 1. The number of aromatic nitrogens is 1. The van der Waals surface area contributed by atoms with Crippen LogP contribution in [-0.2, 0) is 0 Å². The van der Waals surface area contributed by atoms with Crippen LogP contribution in [-0.4, -0.2) is 15.1 Å². The fourth-order valence-electron chi connectivity index (χ4n) is 0.899. The highest BCUT2D eigenvalue weighted by molar-refractivity contribution is 6.67. The first-order valence-corrected chi connectivity index (χ1v) is 3.93. The van der Waals surface area contributed by atoms with Crippen molar-refractivity contribution in [1.29, 1.82) is 0 Å². The lowest BCUT2D eigenvalue weighted by atomic mass is 10.2. The molecule has 1 rings (SSSR count). The SMILES string of the molecule is O=C(Cl)c1cc(C(F)F)c([N+](=O)[O-])cn1. The van der Waals surface area contributed by atoms with E-state index in [9.17, 15) is 23.7 Å². The maximum absolute atomic E-state index is 12.3. The molecule has 0 spiro atoms. The molecule has 0 saturated carbocycles. The molecule has 5 nitrogen and oxygen atoms in total. The minimum absolute atomic E-state index is 0.447. The van der Waals surface area contributed by atoms with Gasteiger partial charge in [0.05, 0.1) is 10.5 Å². The summed E-state index contributed by atoms with van der Waals surface area (Å²) in [6, 6.07) is 0.609. The van der Waals surface area contributed by atoms with Crippen molar-refractivity contribution in [1.82, 2.24) is 4.98 Å². The van der Waals surface area contributed by atoms with E-state index in [1.165, 1.54) is 0 Å². The van der Waals surface area contributed by atoms with E-state index in [2.05, 4.69) is 4.98 Å². The summed E-state index contributed by atoms with van der Waals surface area (Å²) < 4.78 is 24.7. The van der Waals surface area contributed by atoms with Gasteiger partial charge in [0.1, 0.15) is 11.9 Å². The number of rotatable bonds is 3. The molecule has 15 heavy (non-hydrogen) atoms. The number of carbonyl (C=O) groups excluding carboxylic acids is 1. The molecular weight excluding hydrogens is 234 g/mol. The summed E-state index contributed by atoms with van der Waals surface area (Å²) in [5.41, 5.74) is -2.16. The van der Waals surface area contributed by atoms with Crippen LogP contribution in [0.25, 0.3) is 0 Å². The van der Waals surface area contributed by atoms with Crippen molar-refractivity contribution in [3.05, 3.63) is 33.6 Å². The Morgan fingerprint density at radius 2 is 2.20 bits per heavy atom. The Labute approximate surface area is 86.8 Å². The number of hydrogen-bond acceptors (Lipinski definition) is 4. The molecule has 0 saturated heterocycles. The highest BCUT2D eigenvalue weighted by Gasteiger charge is 2.23. The minimum Gasteiger partial charge on any atom is -0.274 e. The fraction of sp³-hybridized carbons (Fsp3) is 0.143. The molecule has 0 aliphatic heterocycles. The van der Waals surface area contributed by atoms with E-state index in [1.54, 1.807) is 0 Å². The average molecular weight is 237 g/mol. The second-order valence-electron chi connectivity index (χ2n) is 2.46. The molecule has 0 fully saturated rings. The number of carbonyl (C=O) groups is 1. The minimum atomic E-state index is -3.07. The van der Waals surface area contributed by atoms with Gasteiger partial charge in [0.15, 0.2) is 0 Å². The lowest BCUT2D eigenvalue weighted by Crippen LogP contribution is -2.01. The van der Waals surface area contributed by atoms with Crippen LogP contribution in [0.2, 0.25) is 0 Å². The molecule has 0 amide bonds. The predicted octanol–water partition coefficient (Wildman–Crippen LogP) is 2.31. The normalized spacial score (nSPS) is 10.4. The monoisotopic (exact) mass is 236 g/mol. The molecule has 0 unspecified atom stereocenters. The van der Waals surface area contributed by atoms with Gasteiger partial charge < -0.3 is 0 Å². The third-order valence-corrected chi connectivity index (χ3v) is 1.74. The quantitative estimate of drug-likeness (QED) is 0.459. The molecule has 1 aromatic heterocycles. The Morgan fingerprint density at radius 1 is 1.60 bits per heavy atom. The molecule has 0 aliphatic rings. The molecule has 0 N–H and O–H groups in total. The molecular formula is C7H3ClF2N2O3. The third kappa shape index (κ3) is 2.44. The number of pyridine rings is 1. The van der Waals surface area contributed by atoms with E-state index < -0.39 is 33.5 Å². The van der Waals surface area contributed by atoms with E-state index in [0.29, 0.717) is 12.3 Å². The first kappa shape index (κ1) is 11.4. The van der Waals surface area contributed by atoms with Gasteiger partial charge in [-0.25, -0.2) is 13.8 Å². The van der Waals surface area contributed by atoms with E-state index >= 15 is 0 Å². The summed E-state index contributed by atoms with van der Waals surface area (Å²) >= 11 is 5.00. The van der Waals surface area contributed by atoms with E-state index in [4.69, 9.17) is 11.6 Å². The van der Waals surface area contributed by atoms with Gasteiger partial charge in [-0.1, -0.05) is 0 Å². The standard InChI is InChI=1S/C7H3ClF2N2O3/c8-6(13)4-1-3(7(9)10)5(2-11-4)12(14)15/h1-2,7H. The Morgan fingerprint density at radius 3 is 2.60 bits per heavy atom. The topological polar surface area (TPSA) is 73.1 Å². The first-order valence-electron chi connectivity index (χ1n) is 3.55. The van der Waals surface area contributed by atoms with Gasteiger partial charge in [0.2, 0.25) is 0 Å². The highest BCUT2D eigenvalue weighted by atomic mass is 35.5. The molecule has 1 aromatic rings. The van der Waals surface area contributed by atoms with Crippen LogP contribution in [0, 0.1) is 10.1 Å². The van der Waals surface area contributed by atoms with Gasteiger partial charge in [-0.15, -0.1) is 0 Å². The van der Waals surface area contributed by atoms with E-state index in [0.717, 1.165) is 0 Å². The second kappa shape index (κ2) is 4.26. The molecule has 0 radical (unpaired) electrons. The lowest BCUT2D eigenvalue weighted by molar-refractivity contribution is -0.386. The molecule has 0 atom stereocenters. The molecule has 0 aliphatic carbocycles. The maximum atomic E-state index is 12.3. The second-order valence-corrected chi connectivity index (χ2v) is 2.80. The zero-order valence-electron chi connectivity index (χ0n) is 6.99. The summed E-state index contributed by atoms with van der Waals surface area (Å²) in [7, 11) is 0. The van der Waals surface area contributed by atoms with Crippen molar-refractivity contribution in [2.45, 2.75) is 6.43 Å².